The minimum absolute atomic E-state index is 0.00407. The Kier molecular flexibility index (Phi) is 4.84. The number of rotatable bonds is 4. The van der Waals surface area contributed by atoms with E-state index in [1.54, 1.807) is 16.0 Å². The molecular weight excluding hydrogens is 394 g/mol. The van der Waals surface area contributed by atoms with Gasteiger partial charge in [-0.1, -0.05) is 62.4 Å². The number of nitrogens with zero attached hydrogens (tertiary/aromatic N) is 5. The maximum atomic E-state index is 4.73. The van der Waals surface area contributed by atoms with Crippen LogP contribution in [0.15, 0.2) is 43.6 Å². The highest BCUT2D eigenvalue weighted by atomic mass is 79.9. The number of aromatic nitrogens is 5. The predicted molar refractivity (Wildman–Crippen MR) is 96.0 cm³/mol. The summed E-state index contributed by atoms with van der Waals surface area (Å²) in [5.41, 5.74) is 2.23. The van der Waals surface area contributed by atoms with Gasteiger partial charge in [0.2, 0.25) is 5.16 Å². The molecule has 0 N–H and O–H groups in total. The summed E-state index contributed by atoms with van der Waals surface area (Å²) in [6.07, 6.45) is 0. The summed E-state index contributed by atoms with van der Waals surface area (Å²) in [4.78, 5) is 4.73. The second-order valence-electron chi connectivity index (χ2n) is 6.06. The van der Waals surface area contributed by atoms with Gasteiger partial charge in [0.1, 0.15) is 0 Å². The number of hydrogen-bond acceptors (Lipinski definition) is 6. The lowest BCUT2D eigenvalue weighted by molar-refractivity contribution is 0.566. The van der Waals surface area contributed by atoms with Gasteiger partial charge in [0.15, 0.2) is 4.34 Å². The molecule has 0 saturated carbocycles. The van der Waals surface area contributed by atoms with Crippen LogP contribution >= 0.6 is 39.0 Å². The van der Waals surface area contributed by atoms with Crippen LogP contribution < -0.4 is 0 Å². The van der Waals surface area contributed by atoms with E-state index in [1.165, 1.54) is 11.8 Å². The Hall–Kier alpha value is -1.25. The summed E-state index contributed by atoms with van der Waals surface area (Å²) in [5, 5.41) is 12.8. The molecule has 0 amide bonds. The standard InChI is InChI=1S/C15H16BrN5S2/c1-15(2,3)11-12(16)22-14(17-11)23-13-18-19-20-21(13)9-10-7-5-4-6-8-10/h4-8H,9H2,1-3H3. The first kappa shape index (κ1) is 16.6. The van der Waals surface area contributed by atoms with Crippen LogP contribution in [0.4, 0.5) is 0 Å². The van der Waals surface area contributed by atoms with Gasteiger partial charge in [0, 0.05) is 5.41 Å². The maximum absolute atomic E-state index is 4.73. The van der Waals surface area contributed by atoms with E-state index >= 15 is 0 Å². The average molecular weight is 410 g/mol. The van der Waals surface area contributed by atoms with Crippen LogP contribution in [-0.4, -0.2) is 25.2 Å². The molecule has 1 aromatic carbocycles. The predicted octanol–water partition coefficient (Wildman–Crippen LogP) is 4.39. The zero-order valence-corrected chi connectivity index (χ0v) is 16.2. The van der Waals surface area contributed by atoms with Gasteiger partial charge in [-0.05, 0) is 43.7 Å². The van der Waals surface area contributed by atoms with Crippen LogP contribution in [-0.2, 0) is 12.0 Å². The molecule has 2 heterocycles. The lowest BCUT2D eigenvalue weighted by Gasteiger charge is -2.15. The van der Waals surface area contributed by atoms with E-state index in [-0.39, 0.29) is 5.41 Å². The molecule has 0 aliphatic rings. The molecule has 0 unspecified atom stereocenters. The summed E-state index contributed by atoms with van der Waals surface area (Å²) in [5.74, 6) is 0. The number of benzene rings is 1. The molecule has 3 aromatic rings. The van der Waals surface area contributed by atoms with Gasteiger partial charge in [-0.2, -0.15) is 0 Å². The van der Waals surface area contributed by atoms with Crippen LogP contribution in [0.1, 0.15) is 32.0 Å². The van der Waals surface area contributed by atoms with Crippen molar-refractivity contribution in [2.75, 3.05) is 0 Å². The Morgan fingerprint density at radius 2 is 1.96 bits per heavy atom. The Labute approximate surface area is 151 Å². The summed E-state index contributed by atoms with van der Waals surface area (Å²) < 4.78 is 3.80. The Bertz CT molecular complexity index is 792. The number of tetrazole rings is 1. The molecule has 0 radical (unpaired) electrons. The third-order valence-corrected chi connectivity index (χ3v) is 5.87. The fourth-order valence-corrected chi connectivity index (χ4v) is 5.41. The summed E-state index contributed by atoms with van der Waals surface area (Å²) in [6.45, 7) is 7.11. The van der Waals surface area contributed by atoms with Gasteiger partial charge in [0.05, 0.1) is 16.0 Å². The van der Waals surface area contributed by atoms with Crippen molar-refractivity contribution in [2.24, 2.45) is 0 Å². The van der Waals surface area contributed by atoms with E-state index in [0.29, 0.717) is 6.54 Å². The average Bonchev–Trinajstić information content (AvgIpc) is 3.07. The fourth-order valence-electron chi connectivity index (χ4n) is 1.99. The first-order valence-electron chi connectivity index (χ1n) is 7.08. The summed E-state index contributed by atoms with van der Waals surface area (Å²) >= 11 is 6.72. The van der Waals surface area contributed by atoms with Crippen LogP contribution in [0.3, 0.4) is 0 Å². The van der Waals surface area contributed by atoms with E-state index in [9.17, 15) is 0 Å². The number of halogens is 1. The van der Waals surface area contributed by atoms with Gasteiger partial charge >= 0.3 is 0 Å². The molecule has 0 fully saturated rings. The first-order valence-corrected chi connectivity index (χ1v) is 9.51. The van der Waals surface area contributed by atoms with Crippen molar-refractivity contribution in [3.8, 4) is 0 Å². The van der Waals surface area contributed by atoms with Gasteiger partial charge in [0.25, 0.3) is 0 Å². The van der Waals surface area contributed by atoms with E-state index in [0.717, 1.165) is 24.5 Å². The molecule has 0 aliphatic carbocycles. The molecule has 0 atom stereocenters. The van der Waals surface area contributed by atoms with Crippen molar-refractivity contribution in [3.63, 3.8) is 0 Å². The number of thiazole rings is 1. The second kappa shape index (κ2) is 6.70. The quantitative estimate of drug-likeness (QED) is 0.639. The molecule has 0 spiro atoms. The van der Waals surface area contributed by atoms with Crippen molar-refractivity contribution in [2.45, 2.75) is 42.2 Å². The topological polar surface area (TPSA) is 56.5 Å². The molecular formula is C15H16BrN5S2. The minimum Gasteiger partial charge on any atom is -0.232 e. The minimum atomic E-state index is 0.00407. The van der Waals surface area contributed by atoms with E-state index in [2.05, 4.69) is 64.4 Å². The molecule has 23 heavy (non-hydrogen) atoms. The molecule has 0 aliphatic heterocycles. The van der Waals surface area contributed by atoms with Crippen LogP contribution in [0.5, 0.6) is 0 Å². The molecule has 120 valence electrons. The lowest BCUT2D eigenvalue weighted by Crippen LogP contribution is -2.12. The van der Waals surface area contributed by atoms with Crippen molar-refractivity contribution in [1.82, 2.24) is 25.2 Å². The molecule has 5 nitrogen and oxygen atoms in total. The van der Waals surface area contributed by atoms with E-state index < -0.39 is 0 Å². The van der Waals surface area contributed by atoms with Crippen LogP contribution in [0, 0.1) is 0 Å². The van der Waals surface area contributed by atoms with Crippen LogP contribution in [0.2, 0.25) is 0 Å². The van der Waals surface area contributed by atoms with E-state index in [1.807, 2.05) is 18.2 Å². The van der Waals surface area contributed by atoms with Gasteiger partial charge in [-0.15, -0.1) is 5.10 Å². The third-order valence-electron chi connectivity index (χ3n) is 3.13. The van der Waals surface area contributed by atoms with Crippen molar-refractivity contribution in [3.05, 3.63) is 45.4 Å². The van der Waals surface area contributed by atoms with Crippen molar-refractivity contribution < 1.29 is 0 Å². The second-order valence-corrected chi connectivity index (χ2v) is 9.59. The van der Waals surface area contributed by atoms with E-state index in [4.69, 9.17) is 4.98 Å². The highest BCUT2D eigenvalue weighted by Gasteiger charge is 2.23. The zero-order valence-electron chi connectivity index (χ0n) is 13.0. The molecule has 0 bridgehead atoms. The van der Waals surface area contributed by atoms with Gasteiger partial charge in [-0.25, -0.2) is 9.67 Å². The molecule has 3 rings (SSSR count). The van der Waals surface area contributed by atoms with Crippen LogP contribution in [0.25, 0.3) is 0 Å². The molecule has 2 aromatic heterocycles. The van der Waals surface area contributed by atoms with Crippen molar-refractivity contribution in [1.29, 1.82) is 0 Å². The molecule has 8 heteroatoms. The summed E-state index contributed by atoms with van der Waals surface area (Å²) in [6, 6.07) is 10.2. The normalized spacial score (nSPS) is 11.8. The van der Waals surface area contributed by atoms with Gasteiger partial charge < -0.3 is 0 Å². The smallest absolute Gasteiger partial charge is 0.216 e. The lowest BCUT2D eigenvalue weighted by atomic mass is 9.93. The SMILES string of the molecule is CC(C)(C)c1nc(Sc2nnnn2Cc2ccccc2)sc1Br. The Balaban J connectivity index is 1.81. The van der Waals surface area contributed by atoms with Gasteiger partial charge in [-0.3, -0.25) is 0 Å². The Morgan fingerprint density at radius 1 is 1.22 bits per heavy atom. The summed E-state index contributed by atoms with van der Waals surface area (Å²) in [7, 11) is 0. The Morgan fingerprint density at radius 3 is 2.61 bits per heavy atom. The maximum Gasteiger partial charge on any atom is 0.216 e. The van der Waals surface area contributed by atoms with Crippen molar-refractivity contribution >= 4 is 39.0 Å². The largest absolute Gasteiger partial charge is 0.232 e. The highest BCUT2D eigenvalue weighted by molar-refractivity contribution is 9.11. The number of hydrogen-bond donors (Lipinski definition) is 0. The third kappa shape index (κ3) is 3.99. The fraction of sp³-hybridized carbons (Fsp3) is 0.333. The monoisotopic (exact) mass is 409 g/mol. The highest BCUT2D eigenvalue weighted by Crippen LogP contribution is 2.39. The first-order chi connectivity index (χ1) is 10.9. The molecule has 0 saturated heterocycles. The zero-order chi connectivity index (χ0) is 16.4.